The Kier molecular flexibility index (Phi) is 20.2. The van der Waals surface area contributed by atoms with Gasteiger partial charge in [0.1, 0.15) is 0 Å². The summed E-state index contributed by atoms with van der Waals surface area (Å²) in [5.41, 5.74) is 0.790. The predicted molar refractivity (Wildman–Crippen MR) is 219 cm³/mol. The first-order chi connectivity index (χ1) is 24.1. The van der Waals surface area contributed by atoms with Gasteiger partial charge in [0.05, 0.1) is 26.7 Å². The Labute approximate surface area is 314 Å². The molecular formula is C44H90N6. The van der Waals surface area contributed by atoms with E-state index in [9.17, 15) is 0 Å². The molecule has 0 radical (unpaired) electrons. The van der Waals surface area contributed by atoms with Crippen molar-refractivity contribution < 1.29 is 0 Å². The molecule has 4 aliphatic heterocycles. The number of unbranched alkanes of at least 4 members (excludes halogenated alkanes) is 4. The molecule has 4 saturated heterocycles. The van der Waals surface area contributed by atoms with Crippen molar-refractivity contribution in [2.45, 2.75) is 183 Å². The molecule has 4 rings (SSSR count). The van der Waals surface area contributed by atoms with Gasteiger partial charge in [0.15, 0.2) is 0 Å². The molecule has 4 fully saturated rings. The van der Waals surface area contributed by atoms with Crippen molar-refractivity contribution in [1.82, 2.24) is 29.4 Å². The molecule has 0 spiro atoms. The van der Waals surface area contributed by atoms with E-state index in [4.69, 9.17) is 0 Å². The molecular weight excluding hydrogens is 613 g/mol. The van der Waals surface area contributed by atoms with Crippen LogP contribution in [0.4, 0.5) is 0 Å². The van der Waals surface area contributed by atoms with Crippen LogP contribution < -0.4 is 0 Å². The average molecular weight is 703 g/mol. The number of hydrogen-bond acceptors (Lipinski definition) is 6. The third kappa shape index (κ3) is 13.6. The molecule has 0 saturated carbocycles. The molecule has 4 atom stereocenters. The van der Waals surface area contributed by atoms with Gasteiger partial charge in [-0.25, -0.2) is 0 Å². The maximum atomic E-state index is 2.76. The largest absolute Gasteiger partial charge is 0.288 e. The summed E-state index contributed by atoms with van der Waals surface area (Å²) in [6.07, 6.45) is 22.0. The lowest BCUT2D eigenvalue weighted by atomic mass is 9.97. The summed E-state index contributed by atoms with van der Waals surface area (Å²) in [6, 6.07) is 0. The van der Waals surface area contributed by atoms with Crippen LogP contribution in [0.2, 0.25) is 0 Å². The van der Waals surface area contributed by atoms with E-state index in [1.54, 1.807) is 0 Å². The van der Waals surface area contributed by atoms with Crippen LogP contribution in [0.1, 0.15) is 172 Å². The number of rotatable bonds is 24. The van der Waals surface area contributed by atoms with Gasteiger partial charge >= 0.3 is 0 Å². The van der Waals surface area contributed by atoms with E-state index < -0.39 is 0 Å². The third-order valence-electron chi connectivity index (χ3n) is 13.5. The van der Waals surface area contributed by atoms with Crippen LogP contribution >= 0.6 is 0 Å². The third-order valence-corrected chi connectivity index (χ3v) is 13.5. The van der Waals surface area contributed by atoms with Crippen LogP contribution in [0, 0.1) is 23.7 Å². The fourth-order valence-corrected chi connectivity index (χ4v) is 9.98. The van der Waals surface area contributed by atoms with E-state index in [0.717, 1.165) is 23.7 Å². The summed E-state index contributed by atoms with van der Waals surface area (Å²) in [7, 11) is 0. The molecule has 4 aliphatic rings. The number of hydrogen-bond donors (Lipinski definition) is 0. The van der Waals surface area contributed by atoms with Crippen molar-refractivity contribution in [2.75, 3.05) is 79.0 Å². The standard InChI is InChI=1S/2C22H45N3/c2*1-6-10-12-20(8-3)14-23-16-22(5)17-24(19-25(22)18-23)15-21(9-4)13-11-7-2/h2*20-21H,6-19H2,1-5H3. The van der Waals surface area contributed by atoms with E-state index in [-0.39, 0.29) is 0 Å². The summed E-state index contributed by atoms with van der Waals surface area (Å²) >= 11 is 0. The summed E-state index contributed by atoms with van der Waals surface area (Å²) in [5.74, 6) is 3.60. The van der Waals surface area contributed by atoms with Gasteiger partial charge < -0.3 is 0 Å². The van der Waals surface area contributed by atoms with Gasteiger partial charge in [-0.1, -0.05) is 132 Å². The van der Waals surface area contributed by atoms with Crippen molar-refractivity contribution in [2.24, 2.45) is 23.7 Å². The molecule has 0 aliphatic carbocycles. The van der Waals surface area contributed by atoms with E-state index in [0.29, 0.717) is 11.1 Å². The molecule has 0 amide bonds. The fourth-order valence-electron chi connectivity index (χ4n) is 9.98. The highest BCUT2D eigenvalue weighted by Gasteiger charge is 2.48. The molecule has 4 heterocycles. The zero-order chi connectivity index (χ0) is 36.6. The molecule has 0 aromatic carbocycles. The summed E-state index contributed by atoms with van der Waals surface area (Å²) < 4.78 is 0. The Bertz CT molecular complexity index is 751. The summed E-state index contributed by atoms with van der Waals surface area (Å²) in [5, 5.41) is 0. The Morgan fingerprint density at radius 2 is 0.600 bits per heavy atom. The normalized spacial score (nSPS) is 27.7. The second-order valence-electron chi connectivity index (χ2n) is 18.4. The second kappa shape index (κ2) is 22.9. The molecule has 4 unspecified atom stereocenters. The molecule has 296 valence electrons. The Morgan fingerprint density at radius 3 is 0.760 bits per heavy atom. The highest BCUT2D eigenvalue weighted by molar-refractivity contribution is 5.03. The van der Waals surface area contributed by atoms with Crippen LogP contribution in [0.3, 0.4) is 0 Å². The van der Waals surface area contributed by atoms with Gasteiger partial charge in [0.25, 0.3) is 0 Å². The van der Waals surface area contributed by atoms with Gasteiger partial charge in [-0.15, -0.1) is 0 Å². The van der Waals surface area contributed by atoms with E-state index in [2.05, 4.69) is 98.6 Å². The molecule has 50 heavy (non-hydrogen) atoms. The van der Waals surface area contributed by atoms with Crippen molar-refractivity contribution in [3.8, 4) is 0 Å². The quantitative estimate of drug-likeness (QED) is 0.0991. The maximum absolute atomic E-state index is 2.76. The van der Waals surface area contributed by atoms with Crippen LogP contribution in [-0.2, 0) is 0 Å². The van der Waals surface area contributed by atoms with Crippen LogP contribution in [0.25, 0.3) is 0 Å². The Morgan fingerprint density at radius 1 is 0.380 bits per heavy atom. The molecule has 0 bridgehead atoms. The Balaban J connectivity index is 0.000000270. The minimum absolute atomic E-state index is 0.395. The van der Waals surface area contributed by atoms with E-state index in [1.165, 1.54) is 182 Å². The van der Waals surface area contributed by atoms with Crippen molar-refractivity contribution in [1.29, 1.82) is 0 Å². The van der Waals surface area contributed by atoms with Crippen molar-refractivity contribution >= 4 is 0 Å². The summed E-state index contributed by atoms with van der Waals surface area (Å²) in [4.78, 5) is 16.5. The smallest absolute Gasteiger partial charge is 0.0525 e. The first-order valence-electron chi connectivity index (χ1n) is 22.5. The fraction of sp³-hybridized carbons (Fsp3) is 1.00. The number of fused-ring (bicyclic) bond motifs is 2. The second-order valence-corrected chi connectivity index (χ2v) is 18.4. The molecule has 0 aromatic rings. The molecule has 0 N–H and O–H groups in total. The molecule has 6 heteroatoms. The topological polar surface area (TPSA) is 19.4 Å². The lowest BCUT2D eigenvalue weighted by molar-refractivity contribution is 0.161. The van der Waals surface area contributed by atoms with Crippen LogP contribution in [-0.4, -0.2) is 120 Å². The minimum Gasteiger partial charge on any atom is -0.288 e. The van der Waals surface area contributed by atoms with E-state index in [1.807, 2.05) is 0 Å². The lowest BCUT2D eigenvalue weighted by Gasteiger charge is -2.28. The van der Waals surface area contributed by atoms with Crippen molar-refractivity contribution in [3.05, 3.63) is 0 Å². The highest BCUT2D eigenvalue weighted by Crippen LogP contribution is 2.35. The number of nitrogens with zero attached hydrogens (tertiary/aromatic N) is 6. The van der Waals surface area contributed by atoms with Gasteiger partial charge in [-0.2, -0.15) is 0 Å². The average Bonchev–Trinajstić information content (AvgIpc) is 3.77. The first kappa shape index (κ1) is 44.2. The highest BCUT2D eigenvalue weighted by atomic mass is 15.5. The van der Waals surface area contributed by atoms with Crippen LogP contribution in [0.5, 0.6) is 0 Å². The first-order valence-corrected chi connectivity index (χ1v) is 22.5. The molecule has 0 aromatic heterocycles. The van der Waals surface area contributed by atoms with Crippen LogP contribution in [0.15, 0.2) is 0 Å². The van der Waals surface area contributed by atoms with Gasteiger partial charge in [0, 0.05) is 63.4 Å². The monoisotopic (exact) mass is 703 g/mol. The Hall–Kier alpha value is -0.240. The van der Waals surface area contributed by atoms with E-state index >= 15 is 0 Å². The summed E-state index contributed by atoms with van der Waals surface area (Å²) in [6.45, 7) is 38.9. The minimum atomic E-state index is 0.395. The van der Waals surface area contributed by atoms with Gasteiger partial charge in [-0.05, 0) is 63.2 Å². The lowest BCUT2D eigenvalue weighted by Crippen LogP contribution is -2.41. The van der Waals surface area contributed by atoms with Gasteiger partial charge in [-0.3, -0.25) is 29.4 Å². The SMILES string of the molecule is CCCCC(CC)CN1CN2CN(CC(CC)CCCC)CC2(C)C1.CCCCC(CC)CN1CN2CN(CC(CC)CCCC)CC2(C)C1. The molecule has 6 nitrogen and oxygen atoms in total. The zero-order valence-electron chi connectivity index (χ0n) is 35.8. The maximum Gasteiger partial charge on any atom is 0.0525 e. The zero-order valence-corrected chi connectivity index (χ0v) is 35.8. The van der Waals surface area contributed by atoms with Crippen molar-refractivity contribution in [3.63, 3.8) is 0 Å². The van der Waals surface area contributed by atoms with Gasteiger partial charge in [0.2, 0.25) is 0 Å². The predicted octanol–water partition coefficient (Wildman–Crippen LogP) is 10.1.